The monoisotopic (exact) mass is 253 g/mol. The van der Waals surface area contributed by atoms with E-state index in [-0.39, 0.29) is 5.76 Å². The molecule has 0 atom stereocenters. The zero-order chi connectivity index (χ0) is 13.2. The second kappa shape index (κ2) is 4.57. The summed E-state index contributed by atoms with van der Waals surface area (Å²) in [7, 11) is 0. The van der Waals surface area contributed by atoms with Crippen LogP contribution in [0.15, 0.2) is 53.1 Å². The molecule has 0 aliphatic heterocycles. The number of hydrogen-bond acceptors (Lipinski definition) is 3. The summed E-state index contributed by atoms with van der Waals surface area (Å²) in [6, 6.07) is 13.0. The topological polar surface area (TPSA) is 63.3 Å². The first-order chi connectivity index (χ1) is 9.22. The van der Waals surface area contributed by atoms with Gasteiger partial charge in [0.15, 0.2) is 0 Å². The van der Waals surface area contributed by atoms with Crippen molar-refractivity contribution in [3.05, 3.63) is 65.7 Å². The van der Waals surface area contributed by atoms with Gasteiger partial charge >= 0.3 is 5.97 Å². The van der Waals surface area contributed by atoms with E-state index in [2.05, 4.69) is 4.98 Å². The highest BCUT2D eigenvalue weighted by Gasteiger charge is 2.10. The minimum Gasteiger partial charge on any atom is -0.475 e. The number of benzene rings is 1. The van der Waals surface area contributed by atoms with Crippen LogP contribution in [0, 0.1) is 0 Å². The SMILES string of the molecule is O=C(O)c1cc2cc(Cc3ccccn3)ccc2o1. The molecule has 3 aromatic rings. The first kappa shape index (κ1) is 11.5. The molecular weight excluding hydrogens is 242 g/mol. The summed E-state index contributed by atoms with van der Waals surface area (Å²) in [6.07, 6.45) is 2.47. The van der Waals surface area contributed by atoms with Crippen LogP contribution in [0.25, 0.3) is 11.0 Å². The molecule has 0 bridgehead atoms. The van der Waals surface area contributed by atoms with Crippen molar-refractivity contribution < 1.29 is 14.3 Å². The first-order valence-electron chi connectivity index (χ1n) is 5.88. The van der Waals surface area contributed by atoms with E-state index in [1.54, 1.807) is 18.3 Å². The third-order valence-electron chi connectivity index (χ3n) is 2.90. The highest BCUT2D eigenvalue weighted by atomic mass is 16.4. The van der Waals surface area contributed by atoms with Gasteiger partial charge in [0.25, 0.3) is 0 Å². The minimum atomic E-state index is -1.05. The van der Waals surface area contributed by atoms with Gasteiger partial charge in [0.1, 0.15) is 5.58 Å². The molecule has 1 aromatic carbocycles. The molecule has 0 unspecified atom stereocenters. The van der Waals surface area contributed by atoms with Crippen LogP contribution >= 0.6 is 0 Å². The van der Waals surface area contributed by atoms with Gasteiger partial charge in [-0.2, -0.15) is 0 Å². The highest BCUT2D eigenvalue weighted by molar-refractivity contribution is 5.91. The average molecular weight is 253 g/mol. The smallest absolute Gasteiger partial charge is 0.371 e. The quantitative estimate of drug-likeness (QED) is 0.779. The number of nitrogens with zero attached hydrogens (tertiary/aromatic N) is 1. The molecule has 0 amide bonds. The van der Waals surface area contributed by atoms with Gasteiger partial charge < -0.3 is 9.52 Å². The lowest BCUT2D eigenvalue weighted by Crippen LogP contribution is -1.91. The lowest BCUT2D eigenvalue weighted by atomic mass is 10.1. The Morgan fingerprint density at radius 1 is 1.21 bits per heavy atom. The summed E-state index contributed by atoms with van der Waals surface area (Å²) in [5.74, 6) is -1.09. The van der Waals surface area contributed by atoms with Gasteiger partial charge in [0.2, 0.25) is 5.76 Å². The van der Waals surface area contributed by atoms with Crippen LogP contribution < -0.4 is 0 Å². The van der Waals surface area contributed by atoms with Gasteiger partial charge in [-0.05, 0) is 35.9 Å². The van der Waals surface area contributed by atoms with Crippen LogP contribution in [0.1, 0.15) is 21.8 Å². The predicted octanol–water partition coefficient (Wildman–Crippen LogP) is 3.12. The molecule has 0 fully saturated rings. The number of pyridine rings is 1. The fraction of sp³-hybridized carbons (Fsp3) is 0.0667. The first-order valence-corrected chi connectivity index (χ1v) is 5.88. The maximum Gasteiger partial charge on any atom is 0.371 e. The molecule has 0 saturated heterocycles. The van der Waals surface area contributed by atoms with Crippen LogP contribution in [0.5, 0.6) is 0 Å². The number of hydrogen-bond donors (Lipinski definition) is 1. The van der Waals surface area contributed by atoms with Crippen LogP contribution in [0.4, 0.5) is 0 Å². The molecule has 4 nitrogen and oxygen atoms in total. The number of aromatic nitrogens is 1. The van der Waals surface area contributed by atoms with Gasteiger partial charge in [-0.3, -0.25) is 4.98 Å². The summed E-state index contributed by atoms with van der Waals surface area (Å²) < 4.78 is 5.22. The predicted molar refractivity (Wildman–Crippen MR) is 70.2 cm³/mol. The Kier molecular flexibility index (Phi) is 2.76. The number of aromatic carboxylic acids is 1. The van der Waals surface area contributed by atoms with E-state index >= 15 is 0 Å². The lowest BCUT2D eigenvalue weighted by molar-refractivity contribution is 0.0665. The van der Waals surface area contributed by atoms with Crippen molar-refractivity contribution in [1.82, 2.24) is 4.98 Å². The molecule has 2 heterocycles. The second-order valence-electron chi connectivity index (χ2n) is 4.29. The zero-order valence-corrected chi connectivity index (χ0v) is 10.0. The number of fused-ring (bicyclic) bond motifs is 1. The molecule has 2 aromatic heterocycles. The van der Waals surface area contributed by atoms with Gasteiger partial charge in [-0.25, -0.2) is 4.79 Å². The van der Waals surface area contributed by atoms with Crippen molar-refractivity contribution >= 4 is 16.9 Å². The van der Waals surface area contributed by atoms with E-state index < -0.39 is 5.97 Å². The third kappa shape index (κ3) is 2.33. The minimum absolute atomic E-state index is 0.0370. The van der Waals surface area contributed by atoms with Gasteiger partial charge in [0.05, 0.1) is 0 Å². The summed E-state index contributed by atoms with van der Waals surface area (Å²) in [4.78, 5) is 15.1. The third-order valence-corrected chi connectivity index (χ3v) is 2.90. The fourth-order valence-corrected chi connectivity index (χ4v) is 2.02. The number of rotatable bonds is 3. The van der Waals surface area contributed by atoms with Gasteiger partial charge in [-0.1, -0.05) is 12.1 Å². The Bertz CT molecular complexity index is 731. The molecule has 3 rings (SSSR count). The fourth-order valence-electron chi connectivity index (χ4n) is 2.02. The van der Waals surface area contributed by atoms with Gasteiger partial charge in [-0.15, -0.1) is 0 Å². The number of furan rings is 1. The van der Waals surface area contributed by atoms with E-state index in [9.17, 15) is 4.79 Å². The Morgan fingerprint density at radius 2 is 2.11 bits per heavy atom. The number of carboxylic acids is 1. The second-order valence-corrected chi connectivity index (χ2v) is 4.29. The molecule has 19 heavy (non-hydrogen) atoms. The molecular formula is C15H11NO3. The van der Waals surface area contributed by atoms with Gasteiger partial charge in [0, 0.05) is 23.7 Å². The summed E-state index contributed by atoms with van der Waals surface area (Å²) in [5.41, 5.74) is 2.63. The van der Waals surface area contributed by atoms with Crippen LogP contribution in [-0.2, 0) is 6.42 Å². The van der Waals surface area contributed by atoms with Crippen LogP contribution in [0.2, 0.25) is 0 Å². The Balaban J connectivity index is 1.95. The standard InChI is InChI=1S/C15H11NO3/c17-15(18)14-9-11-7-10(4-5-13(11)19-14)8-12-3-1-2-6-16-12/h1-7,9H,8H2,(H,17,18). The molecule has 4 heteroatoms. The van der Waals surface area contributed by atoms with Crippen molar-refractivity contribution in [3.63, 3.8) is 0 Å². The van der Waals surface area contributed by atoms with Crippen molar-refractivity contribution in [2.75, 3.05) is 0 Å². The molecule has 0 aliphatic carbocycles. The maximum absolute atomic E-state index is 10.8. The molecule has 1 N–H and O–H groups in total. The molecule has 0 aliphatic rings. The summed E-state index contributed by atoms with van der Waals surface area (Å²) in [5, 5.41) is 9.68. The Morgan fingerprint density at radius 3 is 2.84 bits per heavy atom. The molecule has 0 spiro atoms. The van der Waals surface area contributed by atoms with Crippen molar-refractivity contribution in [1.29, 1.82) is 0 Å². The van der Waals surface area contributed by atoms with E-state index in [4.69, 9.17) is 9.52 Å². The lowest BCUT2D eigenvalue weighted by Gasteiger charge is -2.00. The van der Waals surface area contributed by atoms with Crippen molar-refractivity contribution in [3.8, 4) is 0 Å². The summed E-state index contributed by atoms with van der Waals surface area (Å²) in [6.45, 7) is 0. The molecule has 0 saturated carbocycles. The van der Waals surface area contributed by atoms with E-state index in [0.29, 0.717) is 12.0 Å². The molecule has 94 valence electrons. The normalized spacial score (nSPS) is 10.7. The van der Waals surface area contributed by atoms with E-state index in [1.807, 2.05) is 30.3 Å². The average Bonchev–Trinajstić information content (AvgIpc) is 2.83. The van der Waals surface area contributed by atoms with Crippen molar-refractivity contribution in [2.24, 2.45) is 0 Å². The maximum atomic E-state index is 10.8. The highest BCUT2D eigenvalue weighted by Crippen LogP contribution is 2.21. The number of carboxylic acid groups (broad SMARTS) is 1. The summed E-state index contributed by atoms with van der Waals surface area (Å²) >= 11 is 0. The van der Waals surface area contributed by atoms with E-state index in [1.165, 1.54) is 0 Å². The largest absolute Gasteiger partial charge is 0.475 e. The molecule has 0 radical (unpaired) electrons. The van der Waals surface area contributed by atoms with E-state index in [0.717, 1.165) is 16.6 Å². The van der Waals surface area contributed by atoms with Crippen molar-refractivity contribution in [2.45, 2.75) is 6.42 Å². The Labute approximate surface area is 109 Å². The Hall–Kier alpha value is -2.62. The van der Waals surface area contributed by atoms with Crippen LogP contribution in [0.3, 0.4) is 0 Å². The zero-order valence-electron chi connectivity index (χ0n) is 10.0. The number of carbonyl (C=O) groups is 1. The van der Waals surface area contributed by atoms with Crippen LogP contribution in [-0.4, -0.2) is 16.1 Å².